The molecule has 1 fully saturated rings. The van der Waals surface area contributed by atoms with E-state index in [4.69, 9.17) is 4.52 Å². The van der Waals surface area contributed by atoms with Crippen LogP contribution in [0, 0.1) is 0 Å². The van der Waals surface area contributed by atoms with Gasteiger partial charge < -0.3 is 9.42 Å². The van der Waals surface area contributed by atoms with Crippen molar-refractivity contribution in [2.75, 3.05) is 6.54 Å². The largest absolute Gasteiger partial charge is 0.337 e. The molecule has 104 valence electrons. The molecule has 1 aromatic heterocycles. The molecule has 3 rings (SSSR count). The smallest absolute Gasteiger partial charge is 0.246 e. The fraction of sp³-hybridized carbons (Fsp3) is 0.400. The minimum Gasteiger partial charge on any atom is -0.337 e. The predicted octanol–water partition coefficient (Wildman–Crippen LogP) is 2.64. The van der Waals surface area contributed by atoms with Gasteiger partial charge >= 0.3 is 0 Å². The number of hydrogen-bond donors (Lipinski definition) is 0. The van der Waals surface area contributed by atoms with E-state index in [1.165, 1.54) is 0 Å². The molecule has 0 saturated carbocycles. The van der Waals surface area contributed by atoms with Crippen molar-refractivity contribution in [1.82, 2.24) is 15.0 Å². The van der Waals surface area contributed by atoms with E-state index in [0.29, 0.717) is 24.7 Å². The Morgan fingerprint density at radius 3 is 2.85 bits per heavy atom. The first-order valence-electron chi connectivity index (χ1n) is 6.99. The van der Waals surface area contributed by atoms with Crippen molar-refractivity contribution >= 4 is 5.91 Å². The Bertz CT molecular complexity index is 580. The molecule has 0 bridgehead atoms. The van der Waals surface area contributed by atoms with E-state index < -0.39 is 0 Å². The molecule has 0 aliphatic carbocycles. The van der Waals surface area contributed by atoms with Crippen molar-refractivity contribution in [3.63, 3.8) is 0 Å². The first-order valence-corrected chi connectivity index (χ1v) is 6.99. The molecule has 0 spiro atoms. The molecular formula is C15H17N3O2. The number of benzene rings is 1. The molecule has 2 heterocycles. The third kappa shape index (κ3) is 2.87. The number of hydrogen-bond acceptors (Lipinski definition) is 4. The van der Waals surface area contributed by atoms with Gasteiger partial charge in [0.2, 0.25) is 17.6 Å². The molecule has 1 aliphatic rings. The molecular weight excluding hydrogens is 254 g/mol. The molecule has 1 amide bonds. The van der Waals surface area contributed by atoms with Gasteiger partial charge in [-0.15, -0.1) is 0 Å². The predicted molar refractivity (Wildman–Crippen MR) is 73.6 cm³/mol. The fourth-order valence-corrected chi connectivity index (χ4v) is 2.39. The topological polar surface area (TPSA) is 59.2 Å². The van der Waals surface area contributed by atoms with E-state index in [-0.39, 0.29) is 5.91 Å². The van der Waals surface area contributed by atoms with Gasteiger partial charge in [0.1, 0.15) is 0 Å². The number of amides is 1. The highest BCUT2D eigenvalue weighted by Gasteiger charge is 2.19. The van der Waals surface area contributed by atoms with Crippen LogP contribution >= 0.6 is 0 Å². The van der Waals surface area contributed by atoms with Gasteiger partial charge in [0.15, 0.2) is 0 Å². The van der Waals surface area contributed by atoms with Crippen LogP contribution in [0.15, 0.2) is 34.9 Å². The highest BCUT2D eigenvalue weighted by Crippen LogP contribution is 2.17. The molecule has 1 saturated heterocycles. The van der Waals surface area contributed by atoms with Gasteiger partial charge in [0.05, 0.1) is 6.54 Å². The van der Waals surface area contributed by atoms with E-state index in [2.05, 4.69) is 10.1 Å². The molecule has 5 heteroatoms. The van der Waals surface area contributed by atoms with Gasteiger partial charge in [0.25, 0.3) is 0 Å². The Labute approximate surface area is 117 Å². The zero-order valence-corrected chi connectivity index (χ0v) is 11.3. The minimum absolute atomic E-state index is 0.182. The molecule has 2 aromatic rings. The van der Waals surface area contributed by atoms with Crippen LogP contribution in [-0.4, -0.2) is 27.5 Å². The van der Waals surface area contributed by atoms with Crippen LogP contribution in [-0.2, 0) is 11.3 Å². The van der Waals surface area contributed by atoms with Crippen molar-refractivity contribution < 1.29 is 9.32 Å². The summed E-state index contributed by atoms with van der Waals surface area (Å²) in [7, 11) is 0. The van der Waals surface area contributed by atoms with Crippen LogP contribution in [0.3, 0.4) is 0 Å². The van der Waals surface area contributed by atoms with Crippen LogP contribution < -0.4 is 0 Å². The Balaban J connectivity index is 1.72. The maximum absolute atomic E-state index is 11.9. The standard InChI is InChI=1S/C15H17N3O2/c19-14-9-5-2-6-10-18(14)11-13-16-15(17-20-13)12-7-3-1-4-8-12/h1,3-4,7-8H,2,5-6,9-11H2. The average Bonchev–Trinajstić information content (AvgIpc) is 2.86. The second-order valence-corrected chi connectivity index (χ2v) is 5.00. The quantitative estimate of drug-likeness (QED) is 0.861. The third-order valence-corrected chi connectivity index (χ3v) is 3.50. The summed E-state index contributed by atoms with van der Waals surface area (Å²) < 4.78 is 5.26. The number of aromatic nitrogens is 2. The zero-order valence-electron chi connectivity index (χ0n) is 11.3. The van der Waals surface area contributed by atoms with Crippen LogP contribution in [0.4, 0.5) is 0 Å². The first kappa shape index (κ1) is 12.8. The van der Waals surface area contributed by atoms with Crippen LogP contribution in [0.2, 0.25) is 0 Å². The maximum atomic E-state index is 11.9. The molecule has 0 N–H and O–H groups in total. The Kier molecular flexibility index (Phi) is 3.76. The monoisotopic (exact) mass is 271 g/mol. The van der Waals surface area contributed by atoms with Gasteiger partial charge in [-0.25, -0.2) is 0 Å². The van der Waals surface area contributed by atoms with Crippen LogP contribution in [0.1, 0.15) is 31.6 Å². The lowest BCUT2D eigenvalue weighted by Gasteiger charge is -2.17. The van der Waals surface area contributed by atoms with Crippen LogP contribution in [0.25, 0.3) is 11.4 Å². The fourth-order valence-electron chi connectivity index (χ4n) is 2.39. The van der Waals surface area contributed by atoms with Crippen molar-refractivity contribution in [2.45, 2.75) is 32.2 Å². The SMILES string of the molecule is O=C1CCCCCN1Cc1nc(-c2ccccc2)no1. The number of carbonyl (C=O) groups is 1. The molecule has 20 heavy (non-hydrogen) atoms. The summed E-state index contributed by atoms with van der Waals surface area (Å²) >= 11 is 0. The molecule has 0 unspecified atom stereocenters. The second kappa shape index (κ2) is 5.86. The van der Waals surface area contributed by atoms with E-state index in [1.807, 2.05) is 35.2 Å². The van der Waals surface area contributed by atoms with Gasteiger partial charge in [-0.1, -0.05) is 41.9 Å². The highest BCUT2D eigenvalue weighted by molar-refractivity contribution is 5.76. The highest BCUT2D eigenvalue weighted by atomic mass is 16.5. The van der Waals surface area contributed by atoms with Crippen molar-refractivity contribution in [3.8, 4) is 11.4 Å². The van der Waals surface area contributed by atoms with Crippen molar-refractivity contribution in [2.24, 2.45) is 0 Å². The van der Waals surface area contributed by atoms with E-state index >= 15 is 0 Å². The van der Waals surface area contributed by atoms with Gasteiger partial charge in [-0.2, -0.15) is 4.98 Å². The zero-order chi connectivity index (χ0) is 13.8. The van der Waals surface area contributed by atoms with E-state index in [1.54, 1.807) is 0 Å². The first-order chi connectivity index (χ1) is 9.83. The minimum atomic E-state index is 0.182. The van der Waals surface area contributed by atoms with Crippen molar-refractivity contribution in [3.05, 3.63) is 36.2 Å². The second-order valence-electron chi connectivity index (χ2n) is 5.00. The summed E-state index contributed by atoms with van der Waals surface area (Å²) in [5.74, 6) is 1.25. The summed E-state index contributed by atoms with van der Waals surface area (Å²) in [5.41, 5.74) is 0.921. The van der Waals surface area contributed by atoms with Crippen LogP contribution in [0.5, 0.6) is 0 Å². The lowest BCUT2D eigenvalue weighted by Crippen LogP contribution is -2.29. The van der Waals surface area contributed by atoms with E-state index in [0.717, 1.165) is 31.4 Å². The summed E-state index contributed by atoms with van der Waals surface area (Å²) in [5, 5.41) is 3.98. The lowest BCUT2D eigenvalue weighted by atomic mass is 10.2. The normalized spacial score (nSPS) is 16.2. The lowest BCUT2D eigenvalue weighted by molar-refractivity contribution is -0.131. The maximum Gasteiger partial charge on any atom is 0.246 e. The Hall–Kier alpha value is -2.17. The molecule has 1 aliphatic heterocycles. The molecule has 0 atom stereocenters. The summed E-state index contributed by atoms with van der Waals surface area (Å²) in [6, 6.07) is 9.69. The molecule has 5 nitrogen and oxygen atoms in total. The molecule has 1 aromatic carbocycles. The number of likely N-dealkylation sites (tertiary alicyclic amines) is 1. The molecule has 0 radical (unpaired) electrons. The Morgan fingerprint density at radius 2 is 2.00 bits per heavy atom. The van der Waals surface area contributed by atoms with Crippen molar-refractivity contribution in [1.29, 1.82) is 0 Å². The summed E-state index contributed by atoms with van der Waals surface area (Å²) in [4.78, 5) is 18.1. The number of nitrogens with zero attached hydrogens (tertiary/aromatic N) is 3. The van der Waals surface area contributed by atoms with Gasteiger partial charge in [-0.3, -0.25) is 4.79 Å². The number of rotatable bonds is 3. The summed E-state index contributed by atoms with van der Waals surface area (Å²) in [6.45, 7) is 1.19. The Morgan fingerprint density at radius 1 is 1.15 bits per heavy atom. The van der Waals surface area contributed by atoms with Gasteiger partial charge in [0, 0.05) is 18.5 Å². The average molecular weight is 271 g/mol. The van der Waals surface area contributed by atoms with E-state index in [9.17, 15) is 4.79 Å². The third-order valence-electron chi connectivity index (χ3n) is 3.50. The van der Waals surface area contributed by atoms with Gasteiger partial charge in [-0.05, 0) is 12.8 Å². The summed E-state index contributed by atoms with van der Waals surface area (Å²) in [6.07, 6.45) is 3.76. The number of carbonyl (C=O) groups excluding carboxylic acids is 1.